The lowest BCUT2D eigenvalue weighted by Crippen LogP contribution is -2.66. The monoisotopic (exact) mass is 1660 g/mol. The third-order valence-corrected chi connectivity index (χ3v) is 23.2. The van der Waals surface area contributed by atoms with Gasteiger partial charge in [0.15, 0.2) is 18.4 Å². The summed E-state index contributed by atoms with van der Waals surface area (Å²) in [5, 5.41) is 27.2. The van der Waals surface area contributed by atoms with Crippen molar-refractivity contribution in [2.75, 3.05) is 13.2 Å². The first-order chi connectivity index (χ1) is 55.8. The van der Waals surface area contributed by atoms with Crippen LogP contribution in [0.2, 0.25) is 0 Å². The SMILES string of the molecule is CCCCCCCCCCCCCC(=O)O[C@H](CCCCCCCCCCC)CC(=O)NC(CO[C@@H]1OC(CO)[C@H](OP(=O)(O)O)C(OC(=O)C[C@@H](CCCCCCCCCCC)OC(=O)CCCCCCCCCCCCC)[C@@H]1NC(=O)C[C@@H](CCCCCCCCCCC)OC(=O)CCCCCCCCCCCCC)C(=O)O. The number of aliphatic hydroxyl groups is 1. The van der Waals surface area contributed by atoms with E-state index in [1.54, 1.807) is 0 Å². The third kappa shape index (κ3) is 65.7. The third-order valence-electron chi connectivity index (χ3n) is 22.7. The van der Waals surface area contributed by atoms with Gasteiger partial charge in [-0.2, -0.15) is 0 Å². The summed E-state index contributed by atoms with van der Waals surface area (Å²) < 4.78 is 55.4. The van der Waals surface area contributed by atoms with Gasteiger partial charge in [-0.25, -0.2) is 9.36 Å². The van der Waals surface area contributed by atoms with E-state index in [1.165, 1.54) is 161 Å². The summed E-state index contributed by atoms with van der Waals surface area (Å²) in [5.41, 5.74) is 0. The van der Waals surface area contributed by atoms with Gasteiger partial charge in [-0.1, -0.05) is 388 Å². The van der Waals surface area contributed by atoms with E-state index in [1.807, 2.05) is 0 Å². The van der Waals surface area contributed by atoms with Gasteiger partial charge in [0.1, 0.15) is 36.6 Å². The summed E-state index contributed by atoms with van der Waals surface area (Å²) in [6.07, 6.45) is 53.8. The lowest BCUT2D eigenvalue weighted by Gasteiger charge is -2.45. The number of amides is 2. The Morgan fingerprint density at radius 1 is 0.357 bits per heavy atom. The number of nitrogens with one attached hydrogen (secondary N) is 2. The summed E-state index contributed by atoms with van der Waals surface area (Å²) in [6, 6.07) is -3.60. The standard InChI is InChI=1S/C93H175N2O19P/c1-7-13-19-25-31-37-40-46-52-58-64-70-85(99)109-78(67-61-55-49-43-34-28-22-16-10-4)73-83(97)94-81(92(103)104)77-108-93-89(95-84(98)74-79(68-62-56-50-44-35-29-23-17-11-5)110-86(100)71-65-59-53-47-41-38-32-26-20-14-8-2)91(90(82(76-96)112-93)114-115(105,106)107)113-88(102)75-80(69-63-57-51-45-36-30-24-18-12-6)111-87(101)72-66-60-54-48-42-39-33-27-21-15-9-3/h78-82,89-91,93,96H,7-77H2,1-6H3,(H,94,97)(H,95,98)(H,103,104)(H2,105,106,107)/t78-,79-,80-,81?,82?,89+,90+,91?,93-/m1/s1. The molecule has 1 heterocycles. The van der Waals surface area contributed by atoms with Crippen molar-refractivity contribution in [2.45, 2.75) is 540 Å². The Bertz CT molecular complexity index is 2380. The van der Waals surface area contributed by atoms with Crippen LogP contribution in [0.4, 0.5) is 0 Å². The average Bonchev–Trinajstić information content (AvgIpc) is 0.779. The molecule has 22 heteroatoms. The Hall–Kier alpha value is -3.72. The maximum Gasteiger partial charge on any atom is 0.470 e. The van der Waals surface area contributed by atoms with Crippen LogP contribution < -0.4 is 10.6 Å². The smallest absolute Gasteiger partial charge is 0.470 e. The van der Waals surface area contributed by atoms with Crippen LogP contribution in [0.25, 0.3) is 0 Å². The molecule has 0 saturated carbocycles. The fourth-order valence-corrected chi connectivity index (χ4v) is 16.2. The Morgan fingerprint density at radius 3 is 0.904 bits per heavy atom. The zero-order valence-corrected chi connectivity index (χ0v) is 75.2. The van der Waals surface area contributed by atoms with Crippen molar-refractivity contribution in [1.82, 2.24) is 10.6 Å². The summed E-state index contributed by atoms with van der Waals surface area (Å²) >= 11 is 0. The van der Waals surface area contributed by atoms with Gasteiger partial charge in [-0.3, -0.25) is 33.3 Å². The first kappa shape index (κ1) is 109. The number of carboxylic acid groups (broad SMARTS) is 1. The van der Waals surface area contributed by atoms with Crippen LogP contribution in [0.15, 0.2) is 0 Å². The van der Waals surface area contributed by atoms with Crippen LogP contribution in [-0.2, 0) is 71.1 Å². The predicted octanol–water partition coefficient (Wildman–Crippen LogP) is 23.9. The molecule has 0 bridgehead atoms. The highest BCUT2D eigenvalue weighted by Crippen LogP contribution is 2.43. The van der Waals surface area contributed by atoms with Crippen LogP contribution in [0, 0.1) is 0 Å². The molecule has 9 atom stereocenters. The van der Waals surface area contributed by atoms with Crippen molar-refractivity contribution in [3.05, 3.63) is 0 Å². The van der Waals surface area contributed by atoms with Crippen molar-refractivity contribution in [3.8, 4) is 0 Å². The number of unbranched alkanes of at least 4 members (excludes halogenated alkanes) is 54. The number of carboxylic acids is 1. The molecule has 6 N–H and O–H groups in total. The molecule has 0 aromatic heterocycles. The molecule has 0 spiro atoms. The largest absolute Gasteiger partial charge is 0.480 e. The molecule has 0 aromatic rings. The number of hydrogen-bond acceptors (Lipinski definition) is 16. The minimum Gasteiger partial charge on any atom is -0.480 e. The number of aliphatic carboxylic acids is 1. The molecule has 1 saturated heterocycles. The maximum atomic E-state index is 15.0. The van der Waals surface area contributed by atoms with Crippen LogP contribution in [0.1, 0.15) is 485 Å². The van der Waals surface area contributed by atoms with E-state index in [-0.39, 0.29) is 25.7 Å². The van der Waals surface area contributed by atoms with E-state index in [0.717, 1.165) is 186 Å². The van der Waals surface area contributed by atoms with Gasteiger partial charge in [0.25, 0.3) is 0 Å². The van der Waals surface area contributed by atoms with Crippen LogP contribution in [-0.4, -0.2) is 130 Å². The number of carbonyl (C=O) groups excluding carboxylic acids is 6. The van der Waals surface area contributed by atoms with E-state index in [9.17, 15) is 58.1 Å². The lowest BCUT2D eigenvalue weighted by molar-refractivity contribution is -0.272. The second-order valence-electron chi connectivity index (χ2n) is 33.8. The molecule has 1 rings (SSSR count). The second-order valence-corrected chi connectivity index (χ2v) is 35.0. The number of rotatable bonds is 85. The molecule has 1 aliphatic heterocycles. The van der Waals surface area contributed by atoms with E-state index in [2.05, 4.69) is 52.2 Å². The Labute approximate surface area is 700 Å². The zero-order valence-electron chi connectivity index (χ0n) is 74.3. The van der Waals surface area contributed by atoms with Crippen LogP contribution >= 0.6 is 7.82 Å². The van der Waals surface area contributed by atoms with Crippen molar-refractivity contribution in [3.63, 3.8) is 0 Å². The average molecular weight is 1660 g/mol. The summed E-state index contributed by atoms with van der Waals surface area (Å²) in [5.74, 6) is -5.49. The van der Waals surface area contributed by atoms with Gasteiger partial charge in [0.05, 0.1) is 32.5 Å². The number of carbonyl (C=O) groups is 7. The number of hydrogen-bond donors (Lipinski definition) is 6. The van der Waals surface area contributed by atoms with Crippen LogP contribution in [0.3, 0.4) is 0 Å². The molecule has 0 aliphatic carbocycles. The van der Waals surface area contributed by atoms with Crippen molar-refractivity contribution < 1.29 is 91.1 Å². The second kappa shape index (κ2) is 77.6. The fourth-order valence-electron chi connectivity index (χ4n) is 15.6. The first-order valence-electron chi connectivity index (χ1n) is 48.1. The Morgan fingerprint density at radius 2 is 0.626 bits per heavy atom. The van der Waals surface area contributed by atoms with Crippen molar-refractivity contribution >= 4 is 49.5 Å². The molecule has 676 valence electrons. The molecule has 115 heavy (non-hydrogen) atoms. The number of esters is 4. The summed E-state index contributed by atoms with van der Waals surface area (Å²) in [4.78, 5) is 119. The van der Waals surface area contributed by atoms with Gasteiger partial charge >= 0.3 is 37.7 Å². The minimum atomic E-state index is -5.58. The molecule has 2 amide bonds. The van der Waals surface area contributed by atoms with Gasteiger partial charge in [0, 0.05) is 19.3 Å². The van der Waals surface area contributed by atoms with Crippen molar-refractivity contribution in [2.24, 2.45) is 0 Å². The van der Waals surface area contributed by atoms with E-state index >= 15 is 0 Å². The summed E-state index contributed by atoms with van der Waals surface area (Å²) in [6.45, 7) is 11.3. The molecule has 0 aromatic carbocycles. The van der Waals surface area contributed by atoms with Crippen LogP contribution in [0.5, 0.6) is 0 Å². The van der Waals surface area contributed by atoms with E-state index in [0.29, 0.717) is 57.8 Å². The molecule has 0 radical (unpaired) electrons. The zero-order chi connectivity index (χ0) is 84.3. The number of phosphoric ester groups is 1. The molecule has 1 aliphatic rings. The van der Waals surface area contributed by atoms with Gasteiger partial charge in [-0.05, 0) is 57.8 Å². The highest BCUT2D eigenvalue weighted by Gasteiger charge is 2.53. The topological polar surface area (TPSA) is 306 Å². The minimum absolute atomic E-state index is 0.128. The fraction of sp³-hybridized carbons (Fsp3) is 0.925. The van der Waals surface area contributed by atoms with Gasteiger partial charge in [-0.15, -0.1) is 0 Å². The lowest BCUT2D eigenvalue weighted by atomic mass is 9.95. The number of aliphatic hydroxyl groups excluding tert-OH is 1. The highest BCUT2D eigenvalue weighted by atomic mass is 31.2. The maximum absolute atomic E-state index is 15.0. The number of phosphoric acid groups is 1. The molecular weight excluding hydrogens is 1480 g/mol. The number of ether oxygens (including phenoxy) is 6. The quantitative estimate of drug-likeness (QED) is 0.0143. The first-order valence-corrected chi connectivity index (χ1v) is 49.6. The van der Waals surface area contributed by atoms with E-state index in [4.69, 9.17) is 32.9 Å². The highest BCUT2D eigenvalue weighted by molar-refractivity contribution is 7.46. The van der Waals surface area contributed by atoms with E-state index < -0.39 is 131 Å². The molecular formula is C93H175N2O19P. The molecule has 21 nitrogen and oxygen atoms in total. The van der Waals surface area contributed by atoms with Gasteiger partial charge in [0.2, 0.25) is 11.8 Å². The Balaban J connectivity index is 3.83. The van der Waals surface area contributed by atoms with Gasteiger partial charge < -0.3 is 59.1 Å². The molecule has 1 fully saturated rings. The summed E-state index contributed by atoms with van der Waals surface area (Å²) in [7, 11) is -5.58. The van der Waals surface area contributed by atoms with Crippen molar-refractivity contribution in [1.29, 1.82) is 0 Å². The normalized spacial score (nSPS) is 16.7. The Kier molecular flexibility index (Phi) is 73.7. The molecule has 3 unspecified atom stereocenters. The predicted molar refractivity (Wildman–Crippen MR) is 462 cm³/mol.